The molecule has 0 radical (unpaired) electrons. The number of rotatable bonds is 4. The van der Waals surface area contributed by atoms with Gasteiger partial charge in [-0.25, -0.2) is 4.98 Å². The average Bonchev–Trinajstić information content (AvgIpc) is 2.76. The minimum absolute atomic E-state index is 0.573. The van der Waals surface area contributed by atoms with Gasteiger partial charge < -0.3 is 15.0 Å². The molecule has 18 heavy (non-hydrogen) atoms. The highest BCUT2D eigenvalue weighted by atomic mass is 79.9. The number of hydrogen-bond donors (Lipinski definition) is 1. The lowest BCUT2D eigenvalue weighted by Crippen LogP contribution is -2.32. The zero-order valence-electron chi connectivity index (χ0n) is 11.0. The summed E-state index contributed by atoms with van der Waals surface area (Å²) >= 11 is 3.42. The summed E-state index contributed by atoms with van der Waals surface area (Å²) in [5.41, 5.74) is 0.879. The van der Waals surface area contributed by atoms with E-state index in [-0.39, 0.29) is 0 Å². The summed E-state index contributed by atoms with van der Waals surface area (Å²) in [7, 11) is 3.77. The fraction of sp³-hybridized carbons (Fsp3) is 0.667. The van der Waals surface area contributed by atoms with Crippen LogP contribution in [0.25, 0.3) is 0 Å². The zero-order valence-corrected chi connectivity index (χ0v) is 12.6. The molecule has 1 aromatic rings. The second-order valence-electron chi connectivity index (χ2n) is 4.61. The summed E-state index contributed by atoms with van der Waals surface area (Å²) in [5, 5.41) is 3.30. The molecule has 0 bridgehead atoms. The van der Waals surface area contributed by atoms with E-state index in [1.807, 2.05) is 6.92 Å². The van der Waals surface area contributed by atoms with E-state index in [9.17, 15) is 0 Å². The summed E-state index contributed by atoms with van der Waals surface area (Å²) in [6, 6.07) is 0.573. The van der Waals surface area contributed by atoms with Gasteiger partial charge in [-0.3, -0.25) is 0 Å². The third-order valence-electron chi connectivity index (χ3n) is 3.35. The number of anilines is 1. The van der Waals surface area contributed by atoms with Gasteiger partial charge in [0.1, 0.15) is 4.47 Å². The van der Waals surface area contributed by atoms with Crippen molar-refractivity contribution in [1.29, 1.82) is 0 Å². The SMILES string of the molecule is COc1nc(NC[C@@H]2CCCN2C)nc(C)c1Br. The van der Waals surface area contributed by atoms with Crippen LogP contribution in [0, 0.1) is 6.92 Å². The maximum atomic E-state index is 5.21. The molecule has 1 aliphatic heterocycles. The molecule has 0 spiro atoms. The predicted octanol–water partition coefficient (Wildman–Crippen LogP) is 2.06. The van der Waals surface area contributed by atoms with Crippen molar-refractivity contribution >= 4 is 21.9 Å². The van der Waals surface area contributed by atoms with Gasteiger partial charge in [-0.2, -0.15) is 4.98 Å². The highest BCUT2D eigenvalue weighted by molar-refractivity contribution is 9.10. The molecule has 1 aromatic heterocycles. The lowest BCUT2D eigenvalue weighted by Gasteiger charge is -2.19. The molecular weight excluding hydrogens is 296 g/mol. The molecular formula is C12H19BrN4O. The first-order valence-electron chi connectivity index (χ1n) is 6.14. The Morgan fingerprint density at radius 1 is 1.50 bits per heavy atom. The van der Waals surface area contributed by atoms with Gasteiger partial charge in [-0.1, -0.05) is 0 Å². The molecule has 1 saturated heterocycles. The quantitative estimate of drug-likeness (QED) is 0.922. The Hall–Kier alpha value is -0.880. The van der Waals surface area contributed by atoms with Crippen LogP contribution in [0.4, 0.5) is 5.95 Å². The van der Waals surface area contributed by atoms with Crippen LogP contribution < -0.4 is 10.1 Å². The Labute approximate surface area is 116 Å². The van der Waals surface area contributed by atoms with Crippen LogP contribution in [0.5, 0.6) is 5.88 Å². The number of nitrogens with one attached hydrogen (secondary N) is 1. The van der Waals surface area contributed by atoms with E-state index in [1.165, 1.54) is 19.4 Å². The van der Waals surface area contributed by atoms with Crippen molar-refractivity contribution in [2.24, 2.45) is 0 Å². The minimum atomic E-state index is 0.573. The second-order valence-corrected chi connectivity index (χ2v) is 5.41. The predicted molar refractivity (Wildman–Crippen MR) is 75.2 cm³/mol. The summed E-state index contributed by atoms with van der Waals surface area (Å²) in [4.78, 5) is 11.1. The molecule has 1 atom stereocenters. The van der Waals surface area contributed by atoms with Crippen LogP contribution in [0.1, 0.15) is 18.5 Å². The van der Waals surface area contributed by atoms with Gasteiger partial charge in [0.25, 0.3) is 0 Å². The first-order valence-corrected chi connectivity index (χ1v) is 6.93. The largest absolute Gasteiger partial charge is 0.480 e. The van der Waals surface area contributed by atoms with Crippen molar-refractivity contribution in [3.8, 4) is 5.88 Å². The van der Waals surface area contributed by atoms with Crippen LogP contribution >= 0.6 is 15.9 Å². The Morgan fingerprint density at radius 2 is 2.28 bits per heavy atom. The molecule has 1 aliphatic rings. The summed E-state index contributed by atoms with van der Waals surface area (Å²) in [6.07, 6.45) is 2.50. The number of hydrogen-bond acceptors (Lipinski definition) is 5. The number of ether oxygens (including phenoxy) is 1. The molecule has 0 unspecified atom stereocenters. The monoisotopic (exact) mass is 314 g/mol. The molecule has 2 rings (SSSR count). The van der Waals surface area contributed by atoms with Crippen LogP contribution in [0.2, 0.25) is 0 Å². The Kier molecular flexibility index (Phi) is 4.40. The highest BCUT2D eigenvalue weighted by Crippen LogP contribution is 2.26. The maximum Gasteiger partial charge on any atom is 0.232 e. The molecule has 2 heterocycles. The van der Waals surface area contributed by atoms with Crippen LogP contribution in [0.3, 0.4) is 0 Å². The van der Waals surface area contributed by atoms with E-state index in [4.69, 9.17) is 4.74 Å². The number of nitrogens with zero attached hydrogens (tertiary/aromatic N) is 3. The first kappa shape index (κ1) is 13.5. The molecule has 0 amide bonds. The van der Waals surface area contributed by atoms with E-state index in [1.54, 1.807) is 7.11 Å². The molecule has 5 nitrogen and oxygen atoms in total. The third-order valence-corrected chi connectivity index (χ3v) is 4.26. The number of likely N-dealkylation sites (N-methyl/N-ethyl adjacent to an activating group) is 1. The number of halogens is 1. The van der Waals surface area contributed by atoms with Gasteiger partial charge in [0.2, 0.25) is 11.8 Å². The molecule has 0 aliphatic carbocycles. The lowest BCUT2D eigenvalue weighted by molar-refractivity contribution is 0.321. The number of aromatic nitrogens is 2. The Bertz CT molecular complexity index is 427. The van der Waals surface area contributed by atoms with Crippen molar-refractivity contribution < 1.29 is 4.74 Å². The molecule has 1 N–H and O–H groups in total. The van der Waals surface area contributed by atoms with E-state index in [2.05, 4.69) is 43.2 Å². The second kappa shape index (κ2) is 5.84. The first-order chi connectivity index (χ1) is 8.61. The van der Waals surface area contributed by atoms with Crippen LogP contribution in [-0.4, -0.2) is 48.2 Å². The van der Waals surface area contributed by atoms with Gasteiger partial charge in [0.15, 0.2) is 0 Å². The fourth-order valence-corrected chi connectivity index (χ4v) is 2.53. The minimum Gasteiger partial charge on any atom is -0.480 e. The van der Waals surface area contributed by atoms with Gasteiger partial charge in [-0.05, 0) is 49.3 Å². The maximum absolute atomic E-state index is 5.21. The molecule has 0 saturated carbocycles. The van der Waals surface area contributed by atoms with Gasteiger partial charge >= 0.3 is 0 Å². The third kappa shape index (κ3) is 2.92. The standard InChI is InChI=1S/C12H19BrN4O/c1-8-10(13)11(18-3)16-12(15-8)14-7-9-5-4-6-17(9)2/h9H,4-7H2,1-3H3,(H,14,15,16)/t9-/m0/s1. The molecule has 100 valence electrons. The molecule has 0 aromatic carbocycles. The Morgan fingerprint density at radius 3 is 2.89 bits per heavy atom. The van der Waals surface area contributed by atoms with E-state index >= 15 is 0 Å². The van der Waals surface area contributed by atoms with E-state index in [0.29, 0.717) is 17.9 Å². The van der Waals surface area contributed by atoms with Crippen molar-refractivity contribution in [3.63, 3.8) is 0 Å². The number of methoxy groups -OCH3 is 1. The van der Waals surface area contributed by atoms with Crippen molar-refractivity contribution in [3.05, 3.63) is 10.2 Å². The van der Waals surface area contributed by atoms with Crippen molar-refractivity contribution in [2.45, 2.75) is 25.8 Å². The Balaban J connectivity index is 2.03. The van der Waals surface area contributed by atoms with Gasteiger partial charge in [0, 0.05) is 12.6 Å². The number of likely N-dealkylation sites (tertiary alicyclic amines) is 1. The fourth-order valence-electron chi connectivity index (χ4n) is 2.19. The summed E-state index contributed by atoms with van der Waals surface area (Å²) < 4.78 is 6.02. The van der Waals surface area contributed by atoms with E-state index in [0.717, 1.165) is 16.7 Å². The molecule has 6 heteroatoms. The molecule has 1 fully saturated rings. The summed E-state index contributed by atoms with van der Waals surface area (Å²) in [5.74, 6) is 1.21. The van der Waals surface area contributed by atoms with Crippen LogP contribution in [0.15, 0.2) is 4.47 Å². The van der Waals surface area contributed by atoms with E-state index < -0.39 is 0 Å². The summed E-state index contributed by atoms with van der Waals surface area (Å²) in [6.45, 7) is 3.98. The van der Waals surface area contributed by atoms with Gasteiger partial charge in [0.05, 0.1) is 12.8 Å². The number of aryl methyl sites for hydroxylation is 1. The van der Waals surface area contributed by atoms with Crippen molar-refractivity contribution in [2.75, 3.05) is 32.6 Å². The van der Waals surface area contributed by atoms with Crippen molar-refractivity contribution in [1.82, 2.24) is 14.9 Å². The lowest BCUT2D eigenvalue weighted by atomic mass is 10.2. The topological polar surface area (TPSA) is 50.3 Å². The smallest absolute Gasteiger partial charge is 0.232 e. The zero-order chi connectivity index (χ0) is 13.1. The van der Waals surface area contributed by atoms with Crippen LogP contribution in [-0.2, 0) is 0 Å². The average molecular weight is 315 g/mol. The van der Waals surface area contributed by atoms with Gasteiger partial charge in [-0.15, -0.1) is 0 Å². The normalized spacial score (nSPS) is 20.1. The highest BCUT2D eigenvalue weighted by Gasteiger charge is 2.20.